The number of nitrogens with zero attached hydrogens (tertiary/aromatic N) is 2. The fourth-order valence-electron chi connectivity index (χ4n) is 2.04. The minimum absolute atomic E-state index is 0.689. The van der Waals surface area contributed by atoms with Gasteiger partial charge in [0.15, 0.2) is 0 Å². The molecule has 0 aliphatic heterocycles. The predicted molar refractivity (Wildman–Crippen MR) is 80.7 cm³/mol. The van der Waals surface area contributed by atoms with Crippen molar-refractivity contribution in [1.29, 1.82) is 0 Å². The van der Waals surface area contributed by atoms with E-state index in [1.54, 1.807) is 7.11 Å². The lowest BCUT2D eigenvalue weighted by molar-refractivity contribution is 0.254. The molecule has 21 heavy (non-hydrogen) atoms. The average Bonchev–Trinajstić information content (AvgIpc) is 2.89. The van der Waals surface area contributed by atoms with Gasteiger partial charge in [-0.25, -0.2) is 0 Å². The van der Waals surface area contributed by atoms with Crippen LogP contribution < -0.4 is 9.47 Å². The largest absolute Gasteiger partial charge is 0.497 e. The first-order valence-electron chi connectivity index (χ1n) is 7.05. The molecule has 0 fully saturated rings. The Balaban J connectivity index is 1.64. The number of aromatic nitrogens is 1. The van der Waals surface area contributed by atoms with Crippen molar-refractivity contribution in [2.45, 2.75) is 19.9 Å². The molecule has 5 nitrogen and oxygen atoms in total. The van der Waals surface area contributed by atoms with E-state index in [0.29, 0.717) is 6.61 Å². The molecule has 1 aromatic carbocycles. The molecule has 0 amide bonds. The van der Waals surface area contributed by atoms with Crippen LogP contribution in [0.1, 0.15) is 17.9 Å². The van der Waals surface area contributed by atoms with Crippen molar-refractivity contribution in [3.8, 4) is 11.5 Å². The Bertz CT molecular complexity index is 537. The smallest absolute Gasteiger partial charge is 0.133 e. The zero-order valence-electron chi connectivity index (χ0n) is 12.8. The monoisotopic (exact) mass is 290 g/mol. The number of methoxy groups -OCH3 is 1. The van der Waals surface area contributed by atoms with E-state index in [-0.39, 0.29) is 0 Å². The van der Waals surface area contributed by atoms with Crippen molar-refractivity contribution in [2.75, 3.05) is 27.3 Å². The third kappa shape index (κ3) is 5.11. The van der Waals surface area contributed by atoms with E-state index in [4.69, 9.17) is 14.0 Å². The van der Waals surface area contributed by atoms with Crippen LogP contribution in [-0.2, 0) is 6.54 Å². The molecular weight excluding hydrogens is 268 g/mol. The van der Waals surface area contributed by atoms with Gasteiger partial charge < -0.3 is 18.9 Å². The molecule has 0 saturated carbocycles. The van der Waals surface area contributed by atoms with Crippen LogP contribution in [0.5, 0.6) is 11.5 Å². The summed E-state index contributed by atoms with van der Waals surface area (Å²) in [5, 5.41) is 3.99. The molecule has 0 radical (unpaired) electrons. The molecule has 0 atom stereocenters. The van der Waals surface area contributed by atoms with Crippen LogP contribution in [0.2, 0.25) is 0 Å². The van der Waals surface area contributed by atoms with Gasteiger partial charge in [0.25, 0.3) is 0 Å². The van der Waals surface area contributed by atoms with E-state index in [0.717, 1.165) is 42.5 Å². The van der Waals surface area contributed by atoms with E-state index >= 15 is 0 Å². The van der Waals surface area contributed by atoms with E-state index in [1.807, 2.05) is 37.3 Å². The molecule has 0 aliphatic carbocycles. The molecule has 0 spiro atoms. The Hall–Kier alpha value is -2.01. The van der Waals surface area contributed by atoms with Gasteiger partial charge in [0.2, 0.25) is 0 Å². The van der Waals surface area contributed by atoms with Gasteiger partial charge >= 0.3 is 0 Å². The van der Waals surface area contributed by atoms with Crippen LogP contribution in [-0.4, -0.2) is 37.4 Å². The quantitative estimate of drug-likeness (QED) is 0.700. The van der Waals surface area contributed by atoms with Crippen molar-refractivity contribution in [3.05, 3.63) is 41.8 Å². The van der Waals surface area contributed by atoms with E-state index in [9.17, 15) is 0 Å². The van der Waals surface area contributed by atoms with Gasteiger partial charge in [-0.2, -0.15) is 0 Å². The van der Waals surface area contributed by atoms with Gasteiger partial charge in [-0.15, -0.1) is 0 Å². The lowest BCUT2D eigenvalue weighted by atomic mass is 10.3. The maximum absolute atomic E-state index is 5.69. The van der Waals surface area contributed by atoms with Gasteiger partial charge in [0.1, 0.15) is 17.3 Å². The second-order valence-electron chi connectivity index (χ2n) is 5.04. The first kappa shape index (κ1) is 15.4. The van der Waals surface area contributed by atoms with Gasteiger partial charge in [-0.1, -0.05) is 5.16 Å². The van der Waals surface area contributed by atoms with Gasteiger partial charge in [0.05, 0.1) is 19.4 Å². The van der Waals surface area contributed by atoms with Gasteiger partial charge in [-0.3, -0.25) is 0 Å². The second-order valence-corrected chi connectivity index (χ2v) is 5.04. The number of aryl methyl sites for hydroxylation is 1. The third-order valence-corrected chi connectivity index (χ3v) is 3.12. The predicted octanol–water partition coefficient (Wildman–Crippen LogP) is 2.89. The number of benzene rings is 1. The summed E-state index contributed by atoms with van der Waals surface area (Å²) in [7, 11) is 3.72. The molecule has 2 aromatic rings. The van der Waals surface area contributed by atoms with Crippen molar-refractivity contribution >= 4 is 0 Å². The molecule has 2 rings (SSSR count). The third-order valence-electron chi connectivity index (χ3n) is 3.12. The summed E-state index contributed by atoms with van der Waals surface area (Å²) < 4.78 is 15.9. The molecule has 1 aromatic heterocycles. The molecule has 1 heterocycles. The van der Waals surface area contributed by atoms with Crippen molar-refractivity contribution in [3.63, 3.8) is 0 Å². The number of rotatable bonds is 8. The van der Waals surface area contributed by atoms with Crippen LogP contribution in [0.3, 0.4) is 0 Å². The maximum Gasteiger partial charge on any atom is 0.133 e. The molecule has 0 unspecified atom stereocenters. The first-order chi connectivity index (χ1) is 10.2. The van der Waals surface area contributed by atoms with E-state index in [2.05, 4.69) is 17.1 Å². The van der Waals surface area contributed by atoms with Gasteiger partial charge in [-0.05, 0) is 44.7 Å². The summed E-state index contributed by atoms with van der Waals surface area (Å²) in [5.74, 6) is 2.55. The Morgan fingerprint density at radius 2 is 1.90 bits per heavy atom. The SMILES string of the molecule is COc1ccc(OCCCN(C)Cc2cc(C)on2)cc1. The van der Waals surface area contributed by atoms with Crippen LogP contribution in [0.25, 0.3) is 0 Å². The zero-order chi connectivity index (χ0) is 15.1. The molecule has 5 heteroatoms. The topological polar surface area (TPSA) is 47.7 Å². The Morgan fingerprint density at radius 3 is 2.52 bits per heavy atom. The highest BCUT2D eigenvalue weighted by Gasteiger charge is 2.04. The van der Waals surface area contributed by atoms with Crippen LogP contribution in [0.15, 0.2) is 34.9 Å². The standard InChI is InChI=1S/C16H22N2O3/c1-13-11-14(17-21-13)12-18(2)9-4-10-20-16-7-5-15(19-3)6-8-16/h5-8,11H,4,9-10,12H2,1-3H3. The molecule has 0 bridgehead atoms. The van der Waals surface area contributed by atoms with Crippen molar-refractivity contribution < 1.29 is 14.0 Å². The summed E-state index contributed by atoms with van der Waals surface area (Å²) in [5.41, 5.74) is 0.964. The average molecular weight is 290 g/mol. The number of hydrogen-bond donors (Lipinski definition) is 0. The Labute approximate surface area is 125 Å². The first-order valence-corrected chi connectivity index (χ1v) is 7.05. The number of hydrogen-bond acceptors (Lipinski definition) is 5. The summed E-state index contributed by atoms with van der Waals surface area (Å²) in [6, 6.07) is 9.59. The van der Waals surface area contributed by atoms with Crippen molar-refractivity contribution in [1.82, 2.24) is 10.1 Å². The molecular formula is C16H22N2O3. The number of ether oxygens (including phenoxy) is 2. The molecule has 114 valence electrons. The highest BCUT2D eigenvalue weighted by molar-refractivity contribution is 5.31. The summed E-state index contributed by atoms with van der Waals surface area (Å²) in [6.45, 7) is 4.33. The summed E-state index contributed by atoms with van der Waals surface area (Å²) in [4.78, 5) is 2.20. The second kappa shape index (κ2) is 7.69. The normalized spacial score (nSPS) is 10.9. The summed E-state index contributed by atoms with van der Waals surface area (Å²) >= 11 is 0. The fraction of sp³-hybridized carbons (Fsp3) is 0.438. The molecule has 0 saturated heterocycles. The fourth-order valence-corrected chi connectivity index (χ4v) is 2.04. The lowest BCUT2D eigenvalue weighted by Gasteiger charge is -2.15. The lowest BCUT2D eigenvalue weighted by Crippen LogP contribution is -2.20. The van der Waals surface area contributed by atoms with Crippen LogP contribution in [0, 0.1) is 6.92 Å². The van der Waals surface area contributed by atoms with Crippen LogP contribution in [0.4, 0.5) is 0 Å². The van der Waals surface area contributed by atoms with Crippen molar-refractivity contribution in [2.24, 2.45) is 0 Å². The van der Waals surface area contributed by atoms with Gasteiger partial charge in [0, 0.05) is 19.2 Å². The zero-order valence-corrected chi connectivity index (χ0v) is 12.8. The minimum Gasteiger partial charge on any atom is -0.497 e. The highest BCUT2D eigenvalue weighted by atomic mass is 16.5. The molecule has 0 aliphatic rings. The van der Waals surface area contributed by atoms with E-state index in [1.165, 1.54) is 0 Å². The maximum atomic E-state index is 5.69. The van der Waals surface area contributed by atoms with E-state index < -0.39 is 0 Å². The summed E-state index contributed by atoms with van der Waals surface area (Å²) in [6.07, 6.45) is 0.958. The Kier molecular flexibility index (Phi) is 5.63. The minimum atomic E-state index is 0.689. The molecule has 0 N–H and O–H groups in total. The van der Waals surface area contributed by atoms with Crippen LogP contribution >= 0.6 is 0 Å². The Morgan fingerprint density at radius 1 is 1.19 bits per heavy atom. The highest BCUT2D eigenvalue weighted by Crippen LogP contribution is 2.17.